The fourth-order valence-corrected chi connectivity index (χ4v) is 3.01. The zero-order valence-corrected chi connectivity index (χ0v) is 11.5. The minimum Gasteiger partial charge on any atom is -0.476 e. The first-order valence-corrected chi connectivity index (χ1v) is 7.24. The van der Waals surface area contributed by atoms with E-state index in [1.165, 1.54) is 10.9 Å². The Morgan fingerprint density at radius 3 is 3.00 bits per heavy atom. The maximum atomic E-state index is 12.2. The van der Waals surface area contributed by atoms with Crippen LogP contribution in [0.4, 0.5) is 0 Å². The van der Waals surface area contributed by atoms with Crippen molar-refractivity contribution in [3.8, 4) is 0 Å². The van der Waals surface area contributed by atoms with Crippen LogP contribution < -0.4 is 0 Å². The van der Waals surface area contributed by atoms with E-state index in [0.29, 0.717) is 0 Å². The van der Waals surface area contributed by atoms with Gasteiger partial charge in [-0.1, -0.05) is 5.21 Å². The summed E-state index contributed by atoms with van der Waals surface area (Å²) in [7, 11) is 0. The minimum atomic E-state index is -1.14. The first-order chi connectivity index (χ1) is 9.08. The molecule has 1 atom stereocenters. The number of hydrogen-bond acceptors (Lipinski definition) is 5. The summed E-state index contributed by atoms with van der Waals surface area (Å²) < 4.78 is 1.27. The number of amides is 1. The molecule has 8 heteroatoms. The normalized spacial score (nSPS) is 20.1. The van der Waals surface area contributed by atoms with E-state index in [1.54, 1.807) is 0 Å². The van der Waals surface area contributed by atoms with Crippen molar-refractivity contribution in [1.82, 2.24) is 19.9 Å². The predicted octanol–water partition coefficient (Wildman–Crippen LogP) is 0.330. The number of nitrogens with zero attached hydrogens (tertiary/aromatic N) is 4. The molecule has 0 aromatic carbocycles. The molecule has 0 aliphatic carbocycles. The lowest BCUT2D eigenvalue weighted by Crippen LogP contribution is -2.41. The molecule has 1 unspecified atom stereocenters. The number of carboxylic acids is 1. The molecular formula is C11H16N4O3S. The summed E-state index contributed by atoms with van der Waals surface area (Å²) in [5.74, 6) is 0.820. The number of hydrogen-bond donors (Lipinski definition) is 1. The van der Waals surface area contributed by atoms with Crippen molar-refractivity contribution in [2.24, 2.45) is 0 Å². The minimum absolute atomic E-state index is 0.0370. The molecule has 1 fully saturated rings. The first kappa shape index (κ1) is 13.9. The van der Waals surface area contributed by atoms with Crippen LogP contribution in [-0.2, 0) is 11.3 Å². The number of carboxylic acid groups (broad SMARTS) is 1. The molecule has 1 N–H and O–H groups in total. The molecule has 1 saturated heterocycles. The van der Waals surface area contributed by atoms with Crippen molar-refractivity contribution in [3.05, 3.63) is 11.9 Å². The highest BCUT2D eigenvalue weighted by Crippen LogP contribution is 2.16. The fourth-order valence-electron chi connectivity index (χ4n) is 1.97. The molecule has 0 spiro atoms. The van der Waals surface area contributed by atoms with E-state index in [0.717, 1.165) is 24.5 Å². The monoisotopic (exact) mass is 284 g/mol. The molecule has 0 radical (unpaired) electrons. The molecule has 1 amide bonds. The highest BCUT2D eigenvalue weighted by Gasteiger charge is 2.22. The lowest BCUT2D eigenvalue weighted by Gasteiger charge is -2.26. The Balaban J connectivity index is 2.00. The van der Waals surface area contributed by atoms with Gasteiger partial charge in [0.2, 0.25) is 5.91 Å². The van der Waals surface area contributed by atoms with E-state index in [2.05, 4.69) is 10.3 Å². The second kappa shape index (κ2) is 6.05. The van der Waals surface area contributed by atoms with Gasteiger partial charge in [0.05, 0.1) is 6.20 Å². The van der Waals surface area contributed by atoms with E-state index in [-0.39, 0.29) is 24.2 Å². The standard InChI is InChI=1S/C11H16N4O3S/c1-8-2-4-19-5-3-15(8)10(16)7-14-6-9(11(17)18)12-13-14/h6,8H,2-5,7H2,1H3,(H,17,18). The summed E-state index contributed by atoms with van der Waals surface area (Å²) >= 11 is 1.85. The van der Waals surface area contributed by atoms with E-state index in [1.807, 2.05) is 23.6 Å². The molecule has 1 aromatic rings. The van der Waals surface area contributed by atoms with Crippen LogP contribution in [0.2, 0.25) is 0 Å². The molecule has 19 heavy (non-hydrogen) atoms. The van der Waals surface area contributed by atoms with Gasteiger partial charge in [-0.05, 0) is 19.1 Å². The average Bonchev–Trinajstić information content (AvgIpc) is 2.71. The van der Waals surface area contributed by atoms with Crippen LogP contribution in [0.25, 0.3) is 0 Å². The SMILES string of the molecule is CC1CCSCCN1C(=O)Cn1cc(C(=O)O)nn1. The zero-order valence-electron chi connectivity index (χ0n) is 10.7. The summed E-state index contributed by atoms with van der Waals surface area (Å²) in [5, 5.41) is 15.9. The van der Waals surface area contributed by atoms with Crippen molar-refractivity contribution in [2.45, 2.75) is 25.9 Å². The van der Waals surface area contributed by atoms with E-state index >= 15 is 0 Å². The molecule has 0 bridgehead atoms. The second-order valence-corrected chi connectivity index (χ2v) is 5.67. The van der Waals surface area contributed by atoms with Crippen LogP contribution in [0.15, 0.2) is 6.20 Å². The Hall–Kier alpha value is -1.57. The summed E-state index contributed by atoms with van der Waals surface area (Å²) in [4.78, 5) is 24.7. The molecule has 1 aliphatic rings. The van der Waals surface area contributed by atoms with Gasteiger partial charge in [-0.3, -0.25) is 4.79 Å². The topological polar surface area (TPSA) is 88.3 Å². The predicted molar refractivity (Wildman–Crippen MR) is 70.1 cm³/mol. The van der Waals surface area contributed by atoms with Crippen LogP contribution in [0.3, 0.4) is 0 Å². The molecular weight excluding hydrogens is 268 g/mol. The molecule has 0 saturated carbocycles. The zero-order chi connectivity index (χ0) is 13.8. The van der Waals surface area contributed by atoms with Gasteiger partial charge < -0.3 is 10.0 Å². The molecule has 7 nitrogen and oxygen atoms in total. The Kier molecular flexibility index (Phi) is 4.41. The average molecular weight is 284 g/mol. The van der Waals surface area contributed by atoms with Crippen molar-refractivity contribution < 1.29 is 14.7 Å². The van der Waals surface area contributed by atoms with Gasteiger partial charge in [-0.15, -0.1) is 5.10 Å². The summed E-state index contributed by atoms with van der Waals surface area (Å²) in [5.41, 5.74) is -0.146. The molecule has 2 rings (SSSR count). The van der Waals surface area contributed by atoms with Gasteiger partial charge in [0.15, 0.2) is 5.69 Å². The highest BCUT2D eigenvalue weighted by atomic mass is 32.2. The molecule has 1 aromatic heterocycles. The quantitative estimate of drug-likeness (QED) is 0.860. The fraction of sp³-hybridized carbons (Fsp3) is 0.636. The maximum Gasteiger partial charge on any atom is 0.358 e. The number of thioether (sulfide) groups is 1. The molecule has 104 valence electrons. The van der Waals surface area contributed by atoms with Crippen LogP contribution in [0, 0.1) is 0 Å². The van der Waals surface area contributed by atoms with Crippen molar-refractivity contribution in [3.63, 3.8) is 0 Å². The third kappa shape index (κ3) is 3.46. The van der Waals surface area contributed by atoms with Gasteiger partial charge in [-0.25, -0.2) is 9.48 Å². The Morgan fingerprint density at radius 1 is 1.53 bits per heavy atom. The van der Waals surface area contributed by atoms with Crippen molar-refractivity contribution in [2.75, 3.05) is 18.1 Å². The Morgan fingerprint density at radius 2 is 2.32 bits per heavy atom. The lowest BCUT2D eigenvalue weighted by molar-refractivity contribution is -0.133. The number of rotatable bonds is 3. The molecule has 2 heterocycles. The lowest BCUT2D eigenvalue weighted by atomic mass is 10.2. The highest BCUT2D eigenvalue weighted by molar-refractivity contribution is 7.99. The number of carbonyl (C=O) groups excluding carboxylic acids is 1. The van der Waals surface area contributed by atoms with Crippen LogP contribution in [-0.4, -0.2) is 61.0 Å². The summed E-state index contributed by atoms with van der Waals surface area (Å²) in [6, 6.07) is 0.213. The van der Waals surface area contributed by atoms with E-state index < -0.39 is 5.97 Å². The largest absolute Gasteiger partial charge is 0.476 e. The van der Waals surface area contributed by atoms with Gasteiger partial charge >= 0.3 is 5.97 Å². The van der Waals surface area contributed by atoms with Crippen LogP contribution >= 0.6 is 11.8 Å². The number of aromatic carboxylic acids is 1. The van der Waals surface area contributed by atoms with Gasteiger partial charge in [0.25, 0.3) is 0 Å². The Labute approximate surface area is 115 Å². The first-order valence-electron chi connectivity index (χ1n) is 6.08. The van der Waals surface area contributed by atoms with Gasteiger partial charge in [-0.2, -0.15) is 11.8 Å². The number of carbonyl (C=O) groups is 2. The molecule has 1 aliphatic heterocycles. The Bertz CT molecular complexity index is 476. The van der Waals surface area contributed by atoms with Crippen molar-refractivity contribution in [1.29, 1.82) is 0 Å². The maximum absolute atomic E-state index is 12.2. The number of aromatic nitrogens is 3. The third-order valence-corrected chi connectivity index (χ3v) is 4.06. The summed E-state index contributed by atoms with van der Waals surface area (Å²) in [6.45, 7) is 2.80. The van der Waals surface area contributed by atoms with E-state index in [9.17, 15) is 9.59 Å². The second-order valence-electron chi connectivity index (χ2n) is 4.44. The third-order valence-electron chi connectivity index (χ3n) is 3.06. The van der Waals surface area contributed by atoms with Gasteiger partial charge in [0.1, 0.15) is 6.54 Å². The van der Waals surface area contributed by atoms with E-state index in [4.69, 9.17) is 5.11 Å². The van der Waals surface area contributed by atoms with Crippen LogP contribution in [0.5, 0.6) is 0 Å². The smallest absolute Gasteiger partial charge is 0.358 e. The van der Waals surface area contributed by atoms with Gasteiger partial charge in [0, 0.05) is 18.3 Å². The van der Waals surface area contributed by atoms with Crippen molar-refractivity contribution >= 4 is 23.6 Å². The van der Waals surface area contributed by atoms with Crippen LogP contribution in [0.1, 0.15) is 23.8 Å². The summed E-state index contributed by atoms with van der Waals surface area (Å²) in [6.07, 6.45) is 2.26.